The highest BCUT2D eigenvalue weighted by atomic mass is 32.2. The monoisotopic (exact) mass is 480 g/mol. The van der Waals surface area contributed by atoms with E-state index in [1.165, 1.54) is 29.2 Å². The molecule has 0 atom stereocenters. The number of aryl methyl sites for hydroxylation is 2. The molecule has 172 valence electrons. The third-order valence-electron chi connectivity index (χ3n) is 5.88. The van der Waals surface area contributed by atoms with Crippen LogP contribution in [0.5, 0.6) is 0 Å². The van der Waals surface area contributed by atoms with Crippen molar-refractivity contribution >= 4 is 20.0 Å². The number of rotatable bonds is 5. The van der Waals surface area contributed by atoms with E-state index in [4.69, 9.17) is 0 Å². The maximum Gasteiger partial charge on any atom is 0.261 e. The molecule has 2 aliphatic rings. The van der Waals surface area contributed by atoms with Gasteiger partial charge in [-0.15, -0.1) is 0 Å². The van der Waals surface area contributed by atoms with E-state index >= 15 is 0 Å². The fraction of sp³-hybridized carbons (Fsp3) is 0.400. The molecule has 0 saturated carbocycles. The normalized spacial score (nSPS) is 24.9. The maximum absolute atomic E-state index is 13.2. The van der Waals surface area contributed by atoms with Crippen LogP contribution in [-0.2, 0) is 20.0 Å². The van der Waals surface area contributed by atoms with E-state index in [1.807, 2.05) is 13.8 Å². The van der Waals surface area contributed by atoms with Crippen molar-refractivity contribution in [3.63, 3.8) is 0 Å². The minimum atomic E-state index is -3.98. The Bertz CT molecular complexity index is 1160. The molecule has 0 aliphatic carbocycles. The van der Waals surface area contributed by atoms with Crippen LogP contribution in [-0.4, -0.2) is 73.8 Å². The van der Waals surface area contributed by atoms with E-state index in [0.717, 1.165) is 19.7 Å². The highest BCUT2D eigenvalue weighted by molar-refractivity contribution is 7.89. The fourth-order valence-electron chi connectivity index (χ4n) is 4.13. The summed E-state index contributed by atoms with van der Waals surface area (Å²) in [6, 6.07) is 12.5. The van der Waals surface area contributed by atoms with E-state index < -0.39 is 43.6 Å². The molecular weight excluding hydrogens is 456 g/mol. The molecule has 0 aromatic heterocycles. The second-order valence-corrected chi connectivity index (χ2v) is 12.3. The SMILES string of the molecule is Cc1ccc(S(=O)(=O)N2CN3CN(S(=O)(=O)c4ccc(C)cc4)CC([N+](=O)[O-])(C3)C2)cc1. The van der Waals surface area contributed by atoms with Crippen LogP contribution in [0.25, 0.3) is 0 Å². The van der Waals surface area contributed by atoms with Crippen molar-refractivity contribution in [1.82, 2.24) is 13.5 Å². The Morgan fingerprint density at radius 3 is 1.47 bits per heavy atom. The van der Waals surface area contributed by atoms with Gasteiger partial charge in [0.25, 0.3) is 5.54 Å². The predicted octanol–water partition coefficient (Wildman–Crippen LogP) is 1.24. The van der Waals surface area contributed by atoms with Crippen LogP contribution in [0.15, 0.2) is 58.3 Å². The number of benzene rings is 2. The summed E-state index contributed by atoms with van der Waals surface area (Å²) < 4.78 is 54.8. The van der Waals surface area contributed by atoms with Crippen molar-refractivity contribution in [3.05, 3.63) is 69.8 Å². The first-order valence-corrected chi connectivity index (χ1v) is 12.8. The number of hydrogen-bond donors (Lipinski definition) is 0. The number of hydrogen-bond acceptors (Lipinski definition) is 7. The summed E-state index contributed by atoms with van der Waals surface area (Å²) in [7, 11) is -7.97. The highest BCUT2D eigenvalue weighted by Crippen LogP contribution is 2.32. The molecule has 0 N–H and O–H groups in total. The van der Waals surface area contributed by atoms with Crippen LogP contribution in [0.4, 0.5) is 0 Å². The quantitative estimate of drug-likeness (QED) is 0.466. The van der Waals surface area contributed by atoms with Crippen LogP contribution in [0.3, 0.4) is 0 Å². The predicted molar refractivity (Wildman–Crippen MR) is 116 cm³/mol. The van der Waals surface area contributed by atoms with E-state index in [9.17, 15) is 26.9 Å². The first-order chi connectivity index (χ1) is 14.9. The molecule has 4 rings (SSSR count). The molecule has 0 unspecified atom stereocenters. The largest absolute Gasteiger partial charge is 0.268 e. The molecule has 2 saturated heterocycles. The molecule has 2 aromatic rings. The van der Waals surface area contributed by atoms with Gasteiger partial charge in [0.1, 0.15) is 0 Å². The molecule has 2 aromatic carbocycles. The number of sulfonamides is 2. The smallest absolute Gasteiger partial charge is 0.261 e. The topological polar surface area (TPSA) is 121 Å². The average Bonchev–Trinajstić information content (AvgIpc) is 2.73. The van der Waals surface area contributed by atoms with Gasteiger partial charge >= 0.3 is 0 Å². The Kier molecular flexibility index (Phi) is 5.62. The summed E-state index contributed by atoms with van der Waals surface area (Å²) in [6.07, 6.45) is 0. The van der Waals surface area contributed by atoms with Crippen molar-refractivity contribution in [2.45, 2.75) is 29.2 Å². The molecule has 2 fully saturated rings. The lowest BCUT2D eigenvalue weighted by Crippen LogP contribution is -2.73. The molecular formula is C20H24N4O6S2. The van der Waals surface area contributed by atoms with Crippen LogP contribution in [0.1, 0.15) is 11.1 Å². The highest BCUT2D eigenvalue weighted by Gasteiger charge is 2.57. The van der Waals surface area contributed by atoms with Gasteiger partial charge in [0.2, 0.25) is 20.0 Å². The fourth-order valence-corrected chi connectivity index (χ4v) is 7.13. The average molecular weight is 481 g/mol. The van der Waals surface area contributed by atoms with Gasteiger partial charge in [-0.1, -0.05) is 35.4 Å². The van der Waals surface area contributed by atoms with Crippen LogP contribution >= 0.6 is 0 Å². The molecule has 10 nitrogen and oxygen atoms in total. The van der Waals surface area contributed by atoms with E-state index in [-0.39, 0.29) is 29.7 Å². The van der Waals surface area contributed by atoms with E-state index in [0.29, 0.717) is 0 Å². The third-order valence-corrected chi connectivity index (χ3v) is 9.46. The second kappa shape index (κ2) is 7.89. The lowest BCUT2D eigenvalue weighted by molar-refractivity contribution is -0.577. The van der Waals surface area contributed by atoms with Gasteiger partial charge < -0.3 is 0 Å². The third kappa shape index (κ3) is 3.92. The lowest BCUT2D eigenvalue weighted by atomic mass is 9.96. The van der Waals surface area contributed by atoms with Crippen molar-refractivity contribution in [3.8, 4) is 0 Å². The molecule has 2 bridgehead atoms. The van der Waals surface area contributed by atoms with Gasteiger partial charge in [-0.05, 0) is 38.1 Å². The summed E-state index contributed by atoms with van der Waals surface area (Å²) in [5.74, 6) is 0. The molecule has 2 aliphatic heterocycles. The van der Waals surface area contributed by atoms with Gasteiger partial charge in [0.05, 0.1) is 42.8 Å². The second-order valence-electron chi connectivity index (χ2n) is 8.45. The summed E-state index contributed by atoms with van der Waals surface area (Å²) in [5.41, 5.74) is 0.00956. The molecule has 0 radical (unpaired) electrons. The van der Waals surface area contributed by atoms with E-state index in [1.54, 1.807) is 24.3 Å². The molecule has 12 heteroatoms. The minimum absolute atomic E-state index is 0.0279. The summed E-state index contributed by atoms with van der Waals surface area (Å²) >= 11 is 0. The summed E-state index contributed by atoms with van der Waals surface area (Å²) in [5, 5.41) is 12.1. The van der Waals surface area contributed by atoms with E-state index in [2.05, 4.69) is 0 Å². The summed E-state index contributed by atoms with van der Waals surface area (Å²) in [4.78, 5) is 13.2. The minimum Gasteiger partial charge on any atom is -0.268 e. The molecule has 0 spiro atoms. The number of nitro groups is 1. The molecule has 32 heavy (non-hydrogen) atoms. The van der Waals surface area contributed by atoms with Crippen molar-refractivity contribution in [2.75, 3.05) is 33.0 Å². The van der Waals surface area contributed by atoms with Gasteiger partial charge in [-0.25, -0.2) is 16.8 Å². The van der Waals surface area contributed by atoms with Crippen LogP contribution < -0.4 is 0 Å². The lowest BCUT2D eigenvalue weighted by Gasteiger charge is -2.48. The van der Waals surface area contributed by atoms with Gasteiger partial charge in [-0.2, -0.15) is 8.61 Å². The Morgan fingerprint density at radius 2 is 1.12 bits per heavy atom. The van der Waals surface area contributed by atoms with Crippen LogP contribution in [0, 0.1) is 24.0 Å². The summed E-state index contributed by atoms with van der Waals surface area (Å²) in [6.45, 7) is 2.55. The molecule has 2 heterocycles. The Labute approximate surface area is 187 Å². The first-order valence-electron chi connectivity index (χ1n) is 9.95. The zero-order valence-corrected chi connectivity index (χ0v) is 19.3. The van der Waals surface area contributed by atoms with Gasteiger partial charge in [-0.3, -0.25) is 15.0 Å². The zero-order valence-electron chi connectivity index (χ0n) is 17.7. The zero-order chi connectivity index (χ0) is 23.3. The number of fused-ring (bicyclic) bond motifs is 2. The Morgan fingerprint density at radius 1 is 0.750 bits per heavy atom. The van der Waals surface area contributed by atoms with Gasteiger partial charge in [0, 0.05) is 4.92 Å². The van der Waals surface area contributed by atoms with Crippen molar-refractivity contribution in [2.24, 2.45) is 0 Å². The van der Waals surface area contributed by atoms with Crippen molar-refractivity contribution < 1.29 is 21.8 Å². The number of nitrogens with zero attached hydrogens (tertiary/aromatic N) is 4. The van der Waals surface area contributed by atoms with Crippen molar-refractivity contribution in [1.29, 1.82) is 0 Å². The maximum atomic E-state index is 13.2. The standard InChI is InChI=1S/C20H24N4O6S2/c1-16-3-7-18(8-4-16)31(27,28)22-12-20(24(25)26)11-21(14-22)15-23(13-20)32(29,30)19-9-5-17(2)6-10-19/h3-10H,11-15H2,1-2H3. The van der Waals surface area contributed by atoms with Crippen LogP contribution in [0.2, 0.25) is 0 Å². The van der Waals surface area contributed by atoms with Gasteiger partial charge in [0.15, 0.2) is 0 Å². The Balaban J connectivity index is 1.66. The first kappa shape index (κ1) is 22.8. The molecule has 0 amide bonds. The Hall–Kier alpha value is -2.38.